The Morgan fingerprint density at radius 3 is 2.61 bits per heavy atom. The number of pyridine rings is 1. The largest absolute Gasteiger partial charge is 0.284 e. The van der Waals surface area contributed by atoms with E-state index >= 15 is 0 Å². The Hall–Kier alpha value is -2.58. The first-order valence-electron chi connectivity index (χ1n) is 9.22. The summed E-state index contributed by atoms with van der Waals surface area (Å²) >= 11 is 0. The zero-order valence-electron chi connectivity index (χ0n) is 15.3. The molecule has 0 aliphatic carbocycles. The standard InChI is InChI=1S/C20H21FN4O2S/c21-19-6-2-1-4-16(19)12-17-5-3-7-20(24-17)15-8-10-25(11-9-15)28(26,27)18-13-22-23-14-18/h1-7,13-15H,8-12H2,(H,22,23). The maximum Gasteiger partial charge on any atom is 0.246 e. The first-order valence-corrected chi connectivity index (χ1v) is 10.7. The van der Waals surface area contributed by atoms with Gasteiger partial charge in [-0.25, -0.2) is 12.8 Å². The molecule has 0 bridgehead atoms. The predicted octanol–water partition coefficient (Wildman–Crippen LogP) is 3.10. The molecule has 0 unspecified atom stereocenters. The summed E-state index contributed by atoms with van der Waals surface area (Å²) in [5, 5.41) is 6.28. The molecule has 2 aromatic heterocycles. The van der Waals surface area contributed by atoms with E-state index in [0.29, 0.717) is 37.9 Å². The lowest BCUT2D eigenvalue weighted by molar-refractivity contribution is 0.316. The van der Waals surface area contributed by atoms with Crippen LogP contribution in [0, 0.1) is 5.82 Å². The third kappa shape index (κ3) is 3.83. The molecule has 1 saturated heterocycles. The van der Waals surface area contributed by atoms with Crippen LogP contribution in [0.15, 0.2) is 59.8 Å². The van der Waals surface area contributed by atoms with Crippen molar-refractivity contribution < 1.29 is 12.8 Å². The number of piperidine rings is 1. The molecule has 0 saturated carbocycles. The van der Waals surface area contributed by atoms with Crippen LogP contribution in [0.5, 0.6) is 0 Å². The summed E-state index contributed by atoms with van der Waals surface area (Å²) in [6.45, 7) is 0.884. The van der Waals surface area contributed by atoms with Crippen LogP contribution in [-0.2, 0) is 16.4 Å². The Balaban J connectivity index is 1.45. The Kier molecular flexibility index (Phi) is 5.23. The molecule has 4 rings (SSSR count). The van der Waals surface area contributed by atoms with Crippen molar-refractivity contribution in [1.29, 1.82) is 0 Å². The topological polar surface area (TPSA) is 79.0 Å². The molecule has 0 atom stereocenters. The van der Waals surface area contributed by atoms with Gasteiger partial charge in [0, 0.05) is 43.0 Å². The molecule has 6 nitrogen and oxygen atoms in total. The van der Waals surface area contributed by atoms with Gasteiger partial charge in [0.1, 0.15) is 10.7 Å². The van der Waals surface area contributed by atoms with Crippen LogP contribution in [0.25, 0.3) is 0 Å². The Bertz CT molecular complexity index is 1050. The second-order valence-electron chi connectivity index (χ2n) is 6.93. The first-order chi connectivity index (χ1) is 13.5. The van der Waals surface area contributed by atoms with Crippen LogP contribution in [0.1, 0.15) is 35.7 Å². The fourth-order valence-electron chi connectivity index (χ4n) is 3.58. The van der Waals surface area contributed by atoms with Crippen molar-refractivity contribution in [1.82, 2.24) is 19.5 Å². The molecule has 28 heavy (non-hydrogen) atoms. The Morgan fingerprint density at radius 1 is 1.11 bits per heavy atom. The van der Waals surface area contributed by atoms with Crippen LogP contribution in [0.2, 0.25) is 0 Å². The zero-order valence-corrected chi connectivity index (χ0v) is 16.1. The first kappa shape index (κ1) is 18.8. The molecule has 0 radical (unpaired) electrons. The second-order valence-corrected chi connectivity index (χ2v) is 8.87. The van der Waals surface area contributed by atoms with E-state index in [1.807, 2.05) is 24.3 Å². The van der Waals surface area contributed by atoms with Crippen molar-refractivity contribution >= 4 is 10.0 Å². The summed E-state index contributed by atoms with van der Waals surface area (Å²) in [6.07, 6.45) is 4.57. The molecule has 1 N–H and O–H groups in total. The number of halogens is 1. The van der Waals surface area contributed by atoms with Gasteiger partial charge in [0.25, 0.3) is 0 Å². The number of nitrogens with one attached hydrogen (secondary N) is 1. The molecular weight excluding hydrogens is 379 g/mol. The third-order valence-electron chi connectivity index (χ3n) is 5.14. The fourth-order valence-corrected chi connectivity index (χ4v) is 4.96. The molecule has 3 heterocycles. The molecule has 146 valence electrons. The number of hydrogen-bond donors (Lipinski definition) is 1. The van der Waals surface area contributed by atoms with Crippen LogP contribution >= 0.6 is 0 Å². The predicted molar refractivity (Wildman–Crippen MR) is 103 cm³/mol. The van der Waals surface area contributed by atoms with Gasteiger partial charge in [0.05, 0.1) is 6.20 Å². The van der Waals surface area contributed by atoms with Gasteiger partial charge >= 0.3 is 0 Å². The summed E-state index contributed by atoms with van der Waals surface area (Å²) in [5.74, 6) is -0.0381. The monoisotopic (exact) mass is 400 g/mol. The van der Waals surface area contributed by atoms with Gasteiger partial charge in [-0.15, -0.1) is 0 Å². The van der Waals surface area contributed by atoms with E-state index in [1.54, 1.807) is 12.1 Å². The number of benzene rings is 1. The van der Waals surface area contributed by atoms with Crippen molar-refractivity contribution in [2.45, 2.75) is 30.1 Å². The smallest absolute Gasteiger partial charge is 0.246 e. The minimum Gasteiger partial charge on any atom is -0.284 e. The van der Waals surface area contributed by atoms with E-state index < -0.39 is 10.0 Å². The van der Waals surface area contributed by atoms with Gasteiger partial charge in [0.2, 0.25) is 10.0 Å². The average molecular weight is 400 g/mol. The third-order valence-corrected chi connectivity index (χ3v) is 7.00. The fraction of sp³-hybridized carbons (Fsp3) is 0.300. The molecule has 1 fully saturated rings. The summed E-state index contributed by atoms with van der Waals surface area (Å²) in [7, 11) is -3.50. The summed E-state index contributed by atoms with van der Waals surface area (Å²) in [4.78, 5) is 4.91. The number of rotatable bonds is 5. The zero-order chi connectivity index (χ0) is 19.6. The molecule has 0 amide bonds. The summed E-state index contributed by atoms with van der Waals surface area (Å²) < 4.78 is 40.6. The van der Waals surface area contributed by atoms with Crippen LogP contribution in [0.3, 0.4) is 0 Å². The van der Waals surface area contributed by atoms with Gasteiger partial charge in [-0.1, -0.05) is 24.3 Å². The maximum absolute atomic E-state index is 13.9. The number of hydrogen-bond acceptors (Lipinski definition) is 4. The van der Waals surface area contributed by atoms with E-state index in [2.05, 4.69) is 10.2 Å². The molecule has 1 aliphatic heterocycles. The highest BCUT2D eigenvalue weighted by Crippen LogP contribution is 2.30. The van der Waals surface area contributed by atoms with Crippen molar-refractivity contribution in [2.24, 2.45) is 0 Å². The highest BCUT2D eigenvalue weighted by atomic mass is 32.2. The van der Waals surface area contributed by atoms with Gasteiger partial charge < -0.3 is 0 Å². The van der Waals surface area contributed by atoms with Crippen molar-refractivity contribution in [3.8, 4) is 0 Å². The molecule has 8 heteroatoms. The molecule has 1 aliphatic rings. The normalized spacial score (nSPS) is 16.3. The van der Waals surface area contributed by atoms with E-state index in [0.717, 1.165) is 11.4 Å². The quantitative estimate of drug-likeness (QED) is 0.714. The van der Waals surface area contributed by atoms with Crippen molar-refractivity contribution in [3.05, 3.63) is 77.6 Å². The van der Waals surface area contributed by atoms with Gasteiger partial charge in [-0.05, 0) is 36.6 Å². The maximum atomic E-state index is 13.9. The molecular formula is C20H21FN4O2S. The lowest BCUT2D eigenvalue weighted by atomic mass is 9.94. The SMILES string of the molecule is O=S(=O)(c1cn[nH]c1)N1CCC(c2cccc(Cc3ccccc3F)n2)CC1. The van der Waals surface area contributed by atoms with Crippen LogP contribution < -0.4 is 0 Å². The van der Waals surface area contributed by atoms with Crippen LogP contribution in [0.4, 0.5) is 4.39 Å². The number of nitrogens with zero attached hydrogens (tertiary/aromatic N) is 3. The second kappa shape index (κ2) is 7.81. The minimum absolute atomic E-state index is 0.191. The van der Waals surface area contributed by atoms with E-state index in [1.165, 1.54) is 22.8 Å². The van der Waals surface area contributed by atoms with Crippen molar-refractivity contribution in [2.75, 3.05) is 13.1 Å². The highest BCUT2D eigenvalue weighted by Gasteiger charge is 2.31. The average Bonchev–Trinajstić information content (AvgIpc) is 3.26. The molecule has 3 aromatic rings. The number of sulfonamides is 1. The Labute approximate surface area is 163 Å². The van der Waals surface area contributed by atoms with Gasteiger partial charge in [-0.2, -0.15) is 9.40 Å². The number of aromatic nitrogens is 3. The summed E-state index contributed by atoms with van der Waals surface area (Å²) in [5.41, 5.74) is 2.37. The number of H-pyrrole nitrogens is 1. The molecule has 1 aromatic carbocycles. The lowest BCUT2D eigenvalue weighted by Crippen LogP contribution is -2.37. The highest BCUT2D eigenvalue weighted by molar-refractivity contribution is 7.89. The molecule has 0 spiro atoms. The van der Waals surface area contributed by atoms with E-state index in [9.17, 15) is 12.8 Å². The van der Waals surface area contributed by atoms with Gasteiger partial charge in [0.15, 0.2) is 0 Å². The van der Waals surface area contributed by atoms with Crippen molar-refractivity contribution in [3.63, 3.8) is 0 Å². The lowest BCUT2D eigenvalue weighted by Gasteiger charge is -2.30. The Morgan fingerprint density at radius 2 is 1.89 bits per heavy atom. The van der Waals surface area contributed by atoms with Crippen LogP contribution in [-0.4, -0.2) is 41.0 Å². The van der Waals surface area contributed by atoms with E-state index in [-0.39, 0.29) is 16.6 Å². The minimum atomic E-state index is -3.50. The number of aromatic amines is 1. The van der Waals surface area contributed by atoms with E-state index in [4.69, 9.17) is 4.98 Å². The van der Waals surface area contributed by atoms with Gasteiger partial charge in [-0.3, -0.25) is 10.1 Å². The summed E-state index contributed by atoms with van der Waals surface area (Å²) in [6, 6.07) is 12.5.